The molecule has 6 nitrogen and oxygen atoms in total. The molecule has 7 heteroatoms. The minimum atomic E-state index is -0.0998. The summed E-state index contributed by atoms with van der Waals surface area (Å²) in [6.45, 7) is 5.17. The van der Waals surface area contributed by atoms with Crippen molar-refractivity contribution in [3.05, 3.63) is 76.3 Å². The molecule has 2 heterocycles. The molecule has 1 saturated heterocycles. The maximum absolute atomic E-state index is 12.3. The van der Waals surface area contributed by atoms with Crippen molar-refractivity contribution in [1.82, 2.24) is 10.3 Å². The normalized spacial score (nSPS) is 24.7. The number of halogens is 1. The number of amides is 1. The molecule has 2 aromatic carbocycles. The van der Waals surface area contributed by atoms with Crippen molar-refractivity contribution in [2.75, 3.05) is 38.2 Å². The first-order chi connectivity index (χ1) is 16.1. The number of nitrogens with one attached hydrogen (secondary N) is 2. The highest BCUT2D eigenvalue weighted by Crippen LogP contribution is 2.50. The van der Waals surface area contributed by atoms with Crippen LogP contribution in [-0.2, 0) is 9.53 Å². The molecule has 5 rings (SSSR count). The third-order valence-electron chi connectivity index (χ3n) is 6.84. The summed E-state index contributed by atoms with van der Waals surface area (Å²) in [6, 6.07) is 14.6. The fraction of sp³-hybridized carbons (Fsp3) is 0.385. The highest BCUT2D eigenvalue weighted by Gasteiger charge is 2.38. The van der Waals surface area contributed by atoms with Crippen LogP contribution in [0.15, 0.2) is 59.7 Å². The first-order valence-corrected chi connectivity index (χ1v) is 11.9. The predicted octanol–water partition coefficient (Wildman–Crippen LogP) is 4.34. The van der Waals surface area contributed by atoms with E-state index in [0.29, 0.717) is 31.6 Å². The van der Waals surface area contributed by atoms with Gasteiger partial charge in [0.1, 0.15) is 0 Å². The second kappa shape index (κ2) is 9.67. The summed E-state index contributed by atoms with van der Waals surface area (Å²) in [5.74, 6) is 0.640. The van der Waals surface area contributed by atoms with Crippen molar-refractivity contribution in [3.63, 3.8) is 0 Å². The lowest BCUT2D eigenvalue weighted by molar-refractivity contribution is -0.123. The topological polar surface area (TPSA) is 66.0 Å². The van der Waals surface area contributed by atoms with Crippen molar-refractivity contribution in [2.45, 2.75) is 25.3 Å². The van der Waals surface area contributed by atoms with Crippen LogP contribution < -0.4 is 10.7 Å². The van der Waals surface area contributed by atoms with Gasteiger partial charge in [-0.3, -0.25) is 9.69 Å². The Morgan fingerprint density at radius 1 is 1.21 bits per heavy atom. The third-order valence-corrected chi connectivity index (χ3v) is 7.18. The lowest BCUT2D eigenvalue weighted by atomic mass is 9.76. The molecule has 0 aromatic heterocycles. The highest BCUT2D eigenvalue weighted by molar-refractivity contribution is 6.31. The first-order valence-electron chi connectivity index (χ1n) is 11.6. The molecular weight excluding hydrogens is 436 g/mol. The SMILES string of the molecule is C/C(=N/NC(=O)CN1CCOCC1)c1ccc2c(c1)[C@@H]1C=CC[C@H]1[C@H](c1ccccc1Cl)N2. The van der Waals surface area contributed by atoms with Crippen molar-refractivity contribution < 1.29 is 9.53 Å². The van der Waals surface area contributed by atoms with Gasteiger partial charge in [0, 0.05) is 29.7 Å². The molecule has 0 spiro atoms. The largest absolute Gasteiger partial charge is 0.379 e. The van der Waals surface area contributed by atoms with Crippen LogP contribution in [0.2, 0.25) is 5.02 Å². The van der Waals surface area contributed by atoms with E-state index in [1.165, 1.54) is 5.56 Å². The lowest BCUT2D eigenvalue weighted by Crippen LogP contribution is -2.42. The van der Waals surface area contributed by atoms with Gasteiger partial charge in [0.2, 0.25) is 0 Å². The number of fused-ring (bicyclic) bond motifs is 3. The van der Waals surface area contributed by atoms with Crippen LogP contribution >= 0.6 is 11.6 Å². The molecule has 2 aromatic rings. The number of hydrogen-bond donors (Lipinski definition) is 2. The molecule has 0 radical (unpaired) electrons. The zero-order valence-corrected chi connectivity index (χ0v) is 19.5. The van der Waals surface area contributed by atoms with E-state index in [1.807, 2.05) is 25.1 Å². The first kappa shape index (κ1) is 22.1. The van der Waals surface area contributed by atoms with E-state index >= 15 is 0 Å². The molecule has 1 fully saturated rings. The van der Waals surface area contributed by atoms with Crippen LogP contribution in [0.4, 0.5) is 5.69 Å². The summed E-state index contributed by atoms with van der Waals surface area (Å²) in [5.41, 5.74) is 8.05. The van der Waals surface area contributed by atoms with Crippen molar-refractivity contribution >= 4 is 28.9 Å². The second-order valence-corrected chi connectivity index (χ2v) is 9.33. The molecule has 0 unspecified atom stereocenters. The Morgan fingerprint density at radius 3 is 2.85 bits per heavy atom. The quantitative estimate of drug-likeness (QED) is 0.392. The Hall–Kier alpha value is -2.67. The molecule has 3 atom stereocenters. The zero-order chi connectivity index (χ0) is 22.8. The van der Waals surface area contributed by atoms with Crippen molar-refractivity contribution in [3.8, 4) is 0 Å². The fourth-order valence-electron chi connectivity index (χ4n) is 5.06. The average molecular weight is 465 g/mol. The van der Waals surface area contributed by atoms with Gasteiger partial charge in [-0.2, -0.15) is 5.10 Å². The van der Waals surface area contributed by atoms with Crippen LogP contribution in [0.1, 0.15) is 42.0 Å². The number of allylic oxidation sites excluding steroid dienone is 2. The molecule has 2 N–H and O–H groups in total. The summed E-state index contributed by atoms with van der Waals surface area (Å²) >= 11 is 6.54. The molecule has 2 aliphatic heterocycles. The van der Waals surface area contributed by atoms with Gasteiger partial charge in [-0.15, -0.1) is 0 Å². The van der Waals surface area contributed by atoms with Gasteiger partial charge in [-0.05, 0) is 54.2 Å². The summed E-state index contributed by atoms with van der Waals surface area (Å²) in [4.78, 5) is 14.4. The van der Waals surface area contributed by atoms with Gasteiger partial charge in [0.05, 0.1) is 31.5 Å². The zero-order valence-electron chi connectivity index (χ0n) is 18.8. The smallest absolute Gasteiger partial charge is 0.254 e. The standard InChI is InChI=1S/C26H29ClN4O2/c1-17(29-30-25(32)16-31-11-13-33-14-12-31)18-9-10-24-22(15-18)19-6-4-7-20(19)26(28-24)21-5-2-3-8-23(21)27/h2-6,8-10,15,19-20,26,28H,7,11-14,16H2,1H3,(H,30,32)/b29-17-/t19-,20-,26-/m1/s1. The van der Waals surface area contributed by atoms with Gasteiger partial charge < -0.3 is 10.1 Å². The molecule has 1 amide bonds. The number of hydrazone groups is 1. The van der Waals surface area contributed by atoms with E-state index in [4.69, 9.17) is 16.3 Å². The molecule has 1 aliphatic carbocycles. The summed E-state index contributed by atoms with van der Waals surface area (Å²) in [5, 5.41) is 8.91. The number of ether oxygens (including phenoxy) is 1. The summed E-state index contributed by atoms with van der Waals surface area (Å²) < 4.78 is 5.33. The number of carbonyl (C=O) groups excluding carboxylic acids is 1. The van der Waals surface area contributed by atoms with E-state index in [0.717, 1.165) is 47.1 Å². The van der Waals surface area contributed by atoms with Crippen LogP contribution in [0.25, 0.3) is 0 Å². The average Bonchev–Trinajstić information content (AvgIpc) is 3.33. The van der Waals surface area contributed by atoms with Crippen LogP contribution in [0, 0.1) is 5.92 Å². The van der Waals surface area contributed by atoms with E-state index < -0.39 is 0 Å². The minimum absolute atomic E-state index is 0.0998. The van der Waals surface area contributed by atoms with Crippen molar-refractivity contribution in [1.29, 1.82) is 0 Å². The van der Waals surface area contributed by atoms with Gasteiger partial charge in [0.15, 0.2) is 0 Å². The van der Waals surface area contributed by atoms with Gasteiger partial charge in [0.25, 0.3) is 5.91 Å². The highest BCUT2D eigenvalue weighted by atomic mass is 35.5. The maximum Gasteiger partial charge on any atom is 0.254 e. The maximum atomic E-state index is 12.3. The number of morpholine rings is 1. The molecular formula is C26H29ClN4O2. The number of rotatable bonds is 5. The molecule has 33 heavy (non-hydrogen) atoms. The second-order valence-electron chi connectivity index (χ2n) is 8.92. The minimum Gasteiger partial charge on any atom is -0.379 e. The monoisotopic (exact) mass is 464 g/mol. The summed E-state index contributed by atoms with van der Waals surface area (Å²) in [7, 11) is 0. The number of anilines is 1. The van der Waals surface area contributed by atoms with E-state index in [9.17, 15) is 4.79 Å². The third kappa shape index (κ3) is 4.69. The Morgan fingerprint density at radius 2 is 2.03 bits per heavy atom. The number of benzene rings is 2. The Bertz CT molecular complexity index is 1090. The number of nitrogens with zero attached hydrogens (tertiary/aromatic N) is 2. The molecule has 172 valence electrons. The van der Waals surface area contributed by atoms with E-state index in [2.05, 4.69) is 57.2 Å². The Labute approximate surface area is 199 Å². The lowest BCUT2D eigenvalue weighted by Gasteiger charge is -2.38. The fourth-order valence-corrected chi connectivity index (χ4v) is 5.32. The molecule has 0 saturated carbocycles. The van der Waals surface area contributed by atoms with Crippen molar-refractivity contribution in [2.24, 2.45) is 11.0 Å². The van der Waals surface area contributed by atoms with Crippen LogP contribution in [0.3, 0.4) is 0 Å². The van der Waals surface area contributed by atoms with E-state index in [-0.39, 0.29) is 11.9 Å². The number of hydrogen-bond acceptors (Lipinski definition) is 5. The Balaban J connectivity index is 1.33. The summed E-state index contributed by atoms with van der Waals surface area (Å²) in [6.07, 6.45) is 5.60. The van der Waals surface area contributed by atoms with Crippen LogP contribution in [-0.4, -0.2) is 49.4 Å². The van der Waals surface area contributed by atoms with Crippen LogP contribution in [0.5, 0.6) is 0 Å². The van der Waals surface area contributed by atoms with Gasteiger partial charge in [-0.25, -0.2) is 5.43 Å². The van der Waals surface area contributed by atoms with Gasteiger partial charge >= 0.3 is 0 Å². The predicted molar refractivity (Wildman–Crippen MR) is 132 cm³/mol. The molecule has 0 bridgehead atoms. The van der Waals surface area contributed by atoms with Gasteiger partial charge in [-0.1, -0.05) is 48.0 Å². The molecule has 3 aliphatic rings. The number of carbonyl (C=O) groups is 1. The Kier molecular flexibility index (Phi) is 6.49. The van der Waals surface area contributed by atoms with E-state index in [1.54, 1.807) is 0 Å².